The van der Waals surface area contributed by atoms with Crippen molar-refractivity contribution >= 4 is 23.1 Å². The second kappa shape index (κ2) is 8.17. The highest BCUT2D eigenvalue weighted by atomic mass is 35.5. The molecule has 0 saturated heterocycles. The zero-order chi connectivity index (χ0) is 20.4. The Balaban J connectivity index is 1.51. The zero-order valence-electron chi connectivity index (χ0n) is 16.0. The van der Waals surface area contributed by atoms with Crippen molar-refractivity contribution < 1.29 is 4.39 Å². The van der Waals surface area contributed by atoms with Gasteiger partial charge >= 0.3 is 5.69 Å². The summed E-state index contributed by atoms with van der Waals surface area (Å²) in [6.07, 6.45) is 2.32. The quantitative estimate of drug-likeness (QED) is 0.648. The average Bonchev–Trinajstić information content (AvgIpc) is 2.72. The molecule has 0 unspecified atom stereocenters. The minimum Gasteiger partial charge on any atom is -0.336 e. The van der Waals surface area contributed by atoms with Crippen LogP contribution in [0.1, 0.15) is 24.5 Å². The van der Waals surface area contributed by atoms with Gasteiger partial charge in [-0.05, 0) is 54.3 Å². The fourth-order valence-corrected chi connectivity index (χ4v) is 3.66. The summed E-state index contributed by atoms with van der Waals surface area (Å²) in [7, 11) is 0. The summed E-state index contributed by atoms with van der Waals surface area (Å²) in [6, 6.07) is 13.9. The Morgan fingerprint density at radius 3 is 2.48 bits per heavy atom. The monoisotopic (exact) mass is 410 g/mol. The second-order valence-electron chi connectivity index (χ2n) is 7.13. The maximum Gasteiger partial charge on any atom is 0.352 e. The number of halogens is 2. The van der Waals surface area contributed by atoms with E-state index < -0.39 is 0 Å². The Hall–Kier alpha value is -2.99. The van der Waals surface area contributed by atoms with Crippen LogP contribution in [0.2, 0.25) is 5.02 Å². The van der Waals surface area contributed by atoms with E-state index in [2.05, 4.69) is 9.97 Å². The van der Waals surface area contributed by atoms with Crippen molar-refractivity contribution in [3.8, 4) is 0 Å². The summed E-state index contributed by atoms with van der Waals surface area (Å²) in [5.74, 6) is 0.192. The van der Waals surface area contributed by atoms with Crippen molar-refractivity contribution in [2.45, 2.75) is 19.9 Å². The van der Waals surface area contributed by atoms with Crippen molar-refractivity contribution in [1.29, 1.82) is 0 Å². The third-order valence-electron chi connectivity index (χ3n) is 5.07. The molecule has 0 bridgehead atoms. The van der Waals surface area contributed by atoms with E-state index >= 15 is 0 Å². The van der Waals surface area contributed by atoms with Gasteiger partial charge in [0.25, 0.3) is 0 Å². The molecule has 3 aromatic rings. The van der Waals surface area contributed by atoms with E-state index in [1.807, 2.05) is 24.0 Å². The predicted octanol–water partition coefficient (Wildman–Crippen LogP) is 4.16. The van der Waals surface area contributed by atoms with Gasteiger partial charge in [-0.1, -0.05) is 41.4 Å². The van der Waals surface area contributed by atoms with E-state index in [1.54, 1.807) is 24.3 Å². The molecule has 0 amide bonds. The van der Waals surface area contributed by atoms with E-state index in [4.69, 9.17) is 11.6 Å². The number of nitrogens with zero attached hydrogens (tertiary/aromatic N) is 4. The van der Waals surface area contributed by atoms with Gasteiger partial charge in [0.2, 0.25) is 5.95 Å². The van der Waals surface area contributed by atoms with Crippen LogP contribution in [-0.4, -0.2) is 27.6 Å². The largest absolute Gasteiger partial charge is 0.352 e. The summed E-state index contributed by atoms with van der Waals surface area (Å²) >= 11 is 5.90. The third kappa shape index (κ3) is 4.38. The van der Waals surface area contributed by atoms with Gasteiger partial charge in [0.05, 0.1) is 6.54 Å². The van der Waals surface area contributed by atoms with Crippen LogP contribution in [0.25, 0.3) is 5.57 Å². The Morgan fingerprint density at radius 2 is 1.83 bits per heavy atom. The molecule has 0 saturated carbocycles. The topological polar surface area (TPSA) is 51.0 Å². The van der Waals surface area contributed by atoms with Crippen LogP contribution >= 0.6 is 11.6 Å². The number of hydrogen-bond donors (Lipinski definition) is 0. The molecule has 29 heavy (non-hydrogen) atoms. The third-order valence-corrected chi connectivity index (χ3v) is 5.32. The molecule has 1 aliphatic rings. The minimum atomic E-state index is -0.337. The first-order valence-electron chi connectivity index (χ1n) is 9.37. The molecule has 5 nitrogen and oxygen atoms in total. The highest BCUT2D eigenvalue weighted by molar-refractivity contribution is 6.30. The van der Waals surface area contributed by atoms with Crippen LogP contribution in [0.4, 0.5) is 10.3 Å². The van der Waals surface area contributed by atoms with E-state index in [0.717, 1.165) is 23.1 Å². The first-order chi connectivity index (χ1) is 14.0. The fraction of sp³-hybridized carbons (Fsp3) is 0.227. The number of anilines is 1. The Labute approximate surface area is 173 Å². The molecule has 0 atom stereocenters. The van der Waals surface area contributed by atoms with Crippen molar-refractivity contribution in [3.63, 3.8) is 0 Å². The number of hydrogen-bond acceptors (Lipinski definition) is 4. The Bertz CT molecular complexity index is 1110. The van der Waals surface area contributed by atoms with E-state index in [-0.39, 0.29) is 11.5 Å². The van der Waals surface area contributed by atoms with Gasteiger partial charge in [-0.15, -0.1) is 0 Å². The van der Waals surface area contributed by atoms with E-state index in [1.165, 1.54) is 28.6 Å². The lowest BCUT2D eigenvalue weighted by Gasteiger charge is -2.29. The maximum absolute atomic E-state index is 13.2. The summed E-state index contributed by atoms with van der Waals surface area (Å²) in [4.78, 5) is 23.0. The first-order valence-corrected chi connectivity index (χ1v) is 9.75. The van der Waals surface area contributed by atoms with Crippen molar-refractivity contribution in [3.05, 3.63) is 92.9 Å². The molecule has 7 heteroatoms. The van der Waals surface area contributed by atoms with Crippen LogP contribution in [0, 0.1) is 5.82 Å². The fourth-order valence-electron chi connectivity index (χ4n) is 3.53. The zero-order valence-corrected chi connectivity index (χ0v) is 16.7. The molecule has 2 aromatic carbocycles. The average molecular weight is 411 g/mol. The summed E-state index contributed by atoms with van der Waals surface area (Å²) in [6.45, 7) is 3.77. The highest BCUT2D eigenvalue weighted by Crippen LogP contribution is 2.28. The predicted molar refractivity (Wildman–Crippen MR) is 113 cm³/mol. The maximum atomic E-state index is 13.2. The highest BCUT2D eigenvalue weighted by Gasteiger charge is 2.20. The SMILES string of the molecule is CC1=C(c2ccc(F)cc2)CCN(c2ncn(Cc3ccc(Cl)cc3)c(=O)n2)C1. The molecule has 2 heterocycles. The van der Waals surface area contributed by atoms with Gasteiger partial charge in [-0.25, -0.2) is 14.2 Å². The lowest BCUT2D eigenvalue weighted by Crippen LogP contribution is -2.35. The molecule has 1 aromatic heterocycles. The molecule has 0 spiro atoms. The van der Waals surface area contributed by atoms with Crippen LogP contribution in [0.15, 0.2) is 65.2 Å². The molecular formula is C22H20ClFN4O. The van der Waals surface area contributed by atoms with Gasteiger partial charge in [0.1, 0.15) is 12.1 Å². The summed E-state index contributed by atoms with van der Waals surface area (Å²) in [5.41, 5.74) is 4.02. The van der Waals surface area contributed by atoms with Crippen molar-refractivity contribution in [2.24, 2.45) is 0 Å². The van der Waals surface area contributed by atoms with Gasteiger partial charge in [0, 0.05) is 18.1 Å². The number of aromatic nitrogens is 3. The first kappa shape index (κ1) is 19.3. The molecule has 0 fully saturated rings. The van der Waals surface area contributed by atoms with Crippen molar-refractivity contribution in [1.82, 2.24) is 14.5 Å². The van der Waals surface area contributed by atoms with Gasteiger partial charge in [-0.3, -0.25) is 4.57 Å². The molecule has 0 aliphatic carbocycles. The van der Waals surface area contributed by atoms with Crippen LogP contribution < -0.4 is 10.6 Å². The molecule has 1 aliphatic heterocycles. The molecule has 0 radical (unpaired) electrons. The van der Waals surface area contributed by atoms with Crippen LogP contribution in [0.5, 0.6) is 0 Å². The molecule has 148 valence electrons. The van der Waals surface area contributed by atoms with Gasteiger partial charge < -0.3 is 4.90 Å². The Kier molecular flexibility index (Phi) is 5.45. The van der Waals surface area contributed by atoms with E-state index in [0.29, 0.717) is 30.6 Å². The lowest BCUT2D eigenvalue weighted by molar-refractivity contribution is 0.627. The summed E-state index contributed by atoms with van der Waals surface area (Å²) < 4.78 is 14.7. The normalized spacial score (nSPS) is 14.4. The standard InChI is InChI=1S/C22H20ClFN4O/c1-15-12-27(11-10-20(15)17-4-8-19(24)9-5-17)21-25-14-28(22(29)26-21)13-16-2-6-18(23)7-3-16/h2-9,14H,10-13H2,1H3. The molecule has 4 rings (SSSR count). The second-order valence-corrected chi connectivity index (χ2v) is 7.57. The molecular weight excluding hydrogens is 391 g/mol. The van der Waals surface area contributed by atoms with Crippen molar-refractivity contribution in [2.75, 3.05) is 18.0 Å². The Morgan fingerprint density at radius 1 is 1.10 bits per heavy atom. The number of benzene rings is 2. The number of rotatable bonds is 4. The summed E-state index contributed by atoms with van der Waals surface area (Å²) in [5, 5.41) is 0.654. The minimum absolute atomic E-state index is 0.239. The van der Waals surface area contributed by atoms with Crippen LogP contribution in [-0.2, 0) is 6.54 Å². The van der Waals surface area contributed by atoms with Gasteiger partial charge in [-0.2, -0.15) is 4.98 Å². The van der Waals surface area contributed by atoms with Crippen LogP contribution in [0.3, 0.4) is 0 Å². The molecule has 0 N–H and O–H groups in total. The lowest BCUT2D eigenvalue weighted by atomic mass is 9.94. The smallest absolute Gasteiger partial charge is 0.336 e. The van der Waals surface area contributed by atoms with Gasteiger partial charge in [0.15, 0.2) is 0 Å². The van der Waals surface area contributed by atoms with E-state index in [9.17, 15) is 9.18 Å².